The van der Waals surface area contributed by atoms with Crippen molar-refractivity contribution in [1.29, 1.82) is 0 Å². The number of likely N-dealkylation sites (tertiary alicyclic amines) is 1. The molecule has 4 rings (SSSR count). The Morgan fingerprint density at radius 1 is 1.20 bits per heavy atom. The number of rotatable bonds is 3. The van der Waals surface area contributed by atoms with Crippen LogP contribution in [0.1, 0.15) is 34.3 Å². The first-order chi connectivity index (χ1) is 12.1. The van der Waals surface area contributed by atoms with E-state index in [0.717, 1.165) is 28.7 Å². The van der Waals surface area contributed by atoms with Crippen molar-refractivity contribution in [1.82, 2.24) is 0 Å². The molecule has 2 N–H and O–H groups in total. The number of carbonyl (C=O) groups is 1. The second-order valence-electron chi connectivity index (χ2n) is 6.57. The van der Waals surface area contributed by atoms with E-state index in [-0.39, 0.29) is 11.5 Å². The van der Waals surface area contributed by atoms with Crippen LogP contribution in [0.3, 0.4) is 0 Å². The van der Waals surface area contributed by atoms with E-state index in [4.69, 9.17) is 4.74 Å². The highest BCUT2D eigenvalue weighted by molar-refractivity contribution is 9.10. The van der Waals surface area contributed by atoms with E-state index in [0.29, 0.717) is 23.6 Å². The summed E-state index contributed by atoms with van der Waals surface area (Å²) in [4.78, 5) is 14.1. The molecular formula is C20H19BrNO3+. The molecule has 2 aromatic rings. The molecule has 0 unspecified atom stereocenters. The van der Waals surface area contributed by atoms with Gasteiger partial charge in [-0.15, -0.1) is 0 Å². The highest BCUT2D eigenvalue weighted by Crippen LogP contribution is 2.39. The summed E-state index contributed by atoms with van der Waals surface area (Å²) in [6.45, 7) is 2.88. The number of nitrogens with one attached hydrogen (secondary N) is 1. The Balaban J connectivity index is 1.68. The van der Waals surface area contributed by atoms with E-state index in [1.165, 1.54) is 17.7 Å². The third-order valence-electron chi connectivity index (χ3n) is 4.80. The fourth-order valence-corrected chi connectivity index (χ4v) is 3.93. The molecule has 0 bridgehead atoms. The number of Topliss-reactive ketones (excluding diaryl/α,β-unsaturated/α-hetero) is 1. The normalized spacial score (nSPS) is 18.6. The van der Waals surface area contributed by atoms with Crippen LogP contribution in [0.5, 0.6) is 11.5 Å². The number of phenols is 1. The van der Waals surface area contributed by atoms with Crippen LogP contribution < -0.4 is 9.64 Å². The molecule has 0 aromatic heterocycles. The van der Waals surface area contributed by atoms with Crippen molar-refractivity contribution >= 4 is 27.8 Å². The van der Waals surface area contributed by atoms with Crippen molar-refractivity contribution in [2.45, 2.75) is 19.4 Å². The lowest BCUT2D eigenvalue weighted by atomic mass is 10.0. The lowest BCUT2D eigenvalue weighted by Crippen LogP contribution is -3.08. The van der Waals surface area contributed by atoms with Gasteiger partial charge in [0.05, 0.1) is 24.2 Å². The third kappa shape index (κ3) is 3.22. The minimum atomic E-state index is -0.132. The zero-order valence-electron chi connectivity index (χ0n) is 13.7. The summed E-state index contributed by atoms with van der Waals surface area (Å²) in [6.07, 6.45) is 4.16. The summed E-state index contributed by atoms with van der Waals surface area (Å²) in [5, 5.41) is 10.3. The molecule has 0 atom stereocenters. The zero-order valence-corrected chi connectivity index (χ0v) is 15.3. The molecule has 2 aliphatic heterocycles. The Labute approximate surface area is 154 Å². The van der Waals surface area contributed by atoms with Crippen LogP contribution in [0.15, 0.2) is 46.6 Å². The second-order valence-corrected chi connectivity index (χ2v) is 7.48. The number of hydrogen-bond donors (Lipinski definition) is 2. The smallest absolute Gasteiger partial charge is 0.231 e. The molecule has 128 valence electrons. The van der Waals surface area contributed by atoms with Crippen molar-refractivity contribution in [2.75, 3.05) is 13.1 Å². The summed E-state index contributed by atoms with van der Waals surface area (Å²) in [6, 6.07) is 11.0. The number of carbonyl (C=O) groups excluding carboxylic acids is 1. The van der Waals surface area contributed by atoms with Crippen LogP contribution >= 0.6 is 15.9 Å². The molecule has 2 heterocycles. The first kappa shape index (κ1) is 16.4. The van der Waals surface area contributed by atoms with Crippen molar-refractivity contribution in [3.63, 3.8) is 0 Å². The maximum Gasteiger partial charge on any atom is 0.231 e. The van der Waals surface area contributed by atoms with Gasteiger partial charge in [0.15, 0.2) is 11.5 Å². The summed E-state index contributed by atoms with van der Waals surface area (Å²) < 4.78 is 6.85. The summed E-state index contributed by atoms with van der Waals surface area (Å²) >= 11 is 3.43. The Hall–Kier alpha value is -2.11. The molecule has 0 spiro atoms. The number of allylic oxidation sites excluding steroid dienone is 1. The molecule has 0 amide bonds. The van der Waals surface area contributed by atoms with Crippen molar-refractivity contribution in [3.8, 4) is 11.5 Å². The topological polar surface area (TPSA) is 51.0 Å². The molecule has 1 saturated heterocycles. The first-order valence-corrected chi connectivity index (χ1v) is 9.29. The summed E-state index contributed by atoms with van der Waals surface area (Å²) in [7, 11) is 0. The molecule has 1 fully saturated rings. The van der Waals surface area contributed by atoms with Gasteiger partial charge in [-0.05, 0) is 35.9 Å². The van der Waals surface area contributed by atoms with Crippen LogP contribution in [-0.4, -0.2) is 24.0 Å². The van der Waals surface area contributed by atoms with Gasteiger partial charge >= 0.3 is 0 Å². The number of phenolic OH excluding ortho intramolecular Hbond substituents is 1. The molecule has 0 radical (unpaired) electrons. The van der Waals surface area contributed by atoms with E-state index in [1.807, 2.05) is 24.3 Å². The average molecular weight is 401 g/mol. The zero-order chi connectivity index (χ0) is 17.4. The van der Waals surface area contributed by atoms with Gasteiger partial charge in [-0.1, -0.05) is 28.1 Å². The van der Waals surface area contributed by atoms with Gasteiger partial charge in [-0.2, -0.15) is 0 Å². The average Bonchev–Trinajstić information content (AvgIpc) is 3.20. The van der Waals surface area contributed by atoms with Crippen LogP contribution in [0.2, 0.25) is 0 Å². The fourth-order valence-electron chi connectivity index (χ4n) is 3.52. The fraction of sp³-hybridized carbons (Fsp3) is 0.250. The second kappa shape index (κ2) is 6.65. The number of halogens is 1. The van der Waals surface area contributed by atoms with Crippen LogP contribution in [0.25, 0.3) is 6.08 Å². The first-order valence-electron chi connectivity index (χ1n) is 8.50. The Bertz CT molecular complexity index is 869. The Morgan fingerprint density at radius 3 is 2.76 bits per heavy atom. The molecule has 5 heteroatoms. The quantitative estimate of drug-likeness (QED) is 0.778. The molecule has 2 aromatic carbocycles. The lowest BCUT2D eigenvalue weighted by Gasteiger charge is -2.15. The molecule has 2 aliphatic rings. The number of ether oxygens (including phenoxy) is 1. The summed E-state index contributed by atoms with van der Waals surface area (Å²) in [5.41, 5.74) is 2.16. The lowest BCUT2D eigenvalue weighted by molar-refractivity contribution is -0.901. The molecule has 25 heavy (non-hydrogen) atoms. The number of hydrogen-bond acceptors (Lipinski definition) is 3. The van der Waals surface area contributed by atoms with Gasteiger partial charge in [0.25, 0.3) is 0 Å². The Kier molecular flexibility index (Phi) is 4.36. The minimum absolute atomic E-state index is 0.132. The van der Waals surface area contributed by atoms with Gasteiger partial charge < -0.3 is 14.7 Å². The Morgan fingerprint density at radius 2 is 2.00 bits per heavy atom. The van der Waals surface area contributed by atoms with Crippen molar-refractivity contribution in [2.24, 2.45) is 0 Å². The number of benzene rings is 2. The van der Waals surface area contributed by atoms with E-state index in [9.17, 15) is 9.90 Å². The third-order valence-corrected chi connectivity index (χ3v) is 5.29. The summed E-state index contributed by atoms with van der Waals surface area (Å²) in [5.74, 6) is 0.893. The highest BCUT2D eigenvalue weighted by atomic mass is 79.9. The molecule has 4 nitrogen and oxygen atoms in total. The van der Waals surface area contributed by atoms with Gasteiger partial charge in [-0.3, -0.25) is 4.79 Å². The van der Waals surface area contributed by atoms with E-state index in [2.05, 4.69) is 15.9 Å². The number of quaternary nitrogens is 1. The van der Waals surface area contributed by atoms with Crippen LogP contribution in [-0.2, 0) is 6.54 Å². The van der Waals surface area contributed by atoms with Gasteiger partial charge in [0.2, 0.25) is 5.78 Å². The van der Waals surface area contributed by atoms with Crippen molar-refractivity contribution in [3.05, 3.63) is 63.3 Å². The maximum absolute atomic E-state index is 12.7. The van der Waals surface area contributed by atoms with Crippen LogP contribution in [0.4, 0.5) is 0 Å². The SMILES string of the molecule is O=C1/C(=C\c2cccc(Br)c2)Oc2c1ccc(O)c2C[NH+]1CCCC1. The minimum Gasteiger partial charge on any atom is -0.507 e. The molecule has 0 aliphatic carbocycles. The monoisotopic (exact) mass is 400 g/mol. The predicted molar refractivity (Wildman–Crippen MR) is 98.8 cm³/mol. The maximum atomic E-state index is 12.7. The highest BCUT2D eigenvalue weighted by Gasteiger charge is 2.32. The molecule has 0 saturated carbocycles. The van der Waals surface area contributed by atoms with Gasteiger partial charge in [0, 0.05) is 17.3 Å². The number of fused-ring (bicyclic) bond motifs is 1. The standard InChI is InChI=1S/C20H18BrNO3/c21-14-5-3-4-13(10-14)11-18-19(24)15-6-7-17(23)16(20(15)25-18)12-22-8-1-2-9-22/h3-7,10-11,23H,1-2,8-9,12H2/p+1/b18-11+. The van der Waals surface area contributed by atoms with E-state index in [1.54, 1.807) is 18.2 Å². The van der Waals surface area contributed by atoms with E-state index >= 15 is 0 Å². The van der Waals surface area contributed by atoms with Gasteiger partial charge in [-0.25, -0.2) is 0 Å². The predicted octanol–water partition coefficient (Wildman–Crippen LogP) is 2.95. The molecular weight excluding hydrogens is 382 g/mol. The van der Waals surface area contributed by atoms with Crippen molar-refractivity contribution < 1.29 is 19.5 Å². The largest absolute Gasteiger partial charge is 0.507 e. The number of ketones is 1. The van der Waals surface area contributed by atoms with E-state index < -0.39 is 0 Å². The number of aromatic hydroxyl groups is 1. The van der Waals surface area contributed by atoms with Gasteiger partial charge in [0.1, 0.15) is 12.3 Å². The van der Waals surface area contributed by atoms with Crippen LogP contribution in [0, 0.1) is 0 Å².